The Balaban J connectivity index is 1.97. The van der Waals surface area contributed by atoms with Crippen molar-refractivity contribution in [2.75, 3.05) is 13.2 Å². The Hall–Kier alpha value is -4.97. The molecule has 0 fully saturated rings. The number of aryl methyl sites for hydroxylation is 1. The van der Waals surface area contributed by atoms with E-state index in [0.29, 0.717) is 34.6 Å². The Labute approximate surface area is 225 Å². The number of hydrogen-bond donors (Lipinski definition) is 0. The van der Waals surface area contributed by atoms with E-state index in [4.69, 9.17) is 20.9 Å². The minimum absolute atomic E-state index is 0.0370. The first-order chi connectivity index (χ1) is 18.7. The van der Waals surface area contributed by atoms with Gasteiger partial charge >= 0.3 is 0 Å². The van der Waals surface area contributed by atoms with Gasteiger partial charge in [0.25, 0.3) is 11.2 Å². The average Bonchev–Trinajstić information content (AvgIpc) is 2.91. The molecule has 1 heterocycles. The van der Waals surface area contributed by atoms with Crippen LogP contribution in [-0.2, 0) is 0 Å². The number of nitro groups is 1. The quantitative estimate of drug-likeness (QED) is 0.120. The first-order valence-electron chi connectivity index (χ1n) is 12.4. The molecule has 0 aliphatic carbocycles. The van der Waals surface area contributed by atoms with Crippen molar-refractivity contribution in [3.05, 3.63) is 91.8 Å². The number of terminal acetylenes is 1. The molecule has 0 aliphatic heterocycles. The van der Waals surface area contributed by atoms with Gasteiger partial charge in [-0.15, -0.1) is 6.42 Å². The lowest BCUT2D eigenvalue weighted by Crippen LogP contribution is -2.21. The smallest absolute Gasteiger partial charge is 0.282 e. The molecule has 0 aliphatic rings. The minimum Gasteiger partial charge on any atom is -0.494 e. The number of nitrogens with zero attached hydrogens (tertiary/aromatic N) is 4. The maximum Gasteiger partial charge on any atom is 0.282 e. The predicted octanol–water partition coefficient (Wildman–Crippen LogP) is 5.70. The van der Waals surface area contributed by atoms with Gasteiger partial charge in [0.05, 0.1) is 28.6 Å². The molecule has 4 aromatic rings. The zero-order valence-electron chi connectivity index (χ0n) is 22.2. The SMILES string of the molecule is C#CCOc1ccc([N+](=O)[O-])cc1C=Nn1c(-c2cc(C(C)C)c(OCC)cc2C)nc2ccccc2c1=O. The van der Waals surface area contributed by atoms with E-state index in [2.05, 4.69) is 24.9 Å². The van der Waals surface area contributed by atoms with Crippen molar-refractivity contribution in [1.82, 2.24) is 9.66 Å². The fourth-order valence-electron chi connectivity index (χ4n) is 4.20. The van der Waals surface area contributed by atoms with Crippen LogP contribution in [0, 0.1) is 29.4 Å². The summed E-state index contributed by atoms with van der Waals surface area (Å²) in [6.07, 6.45) is 6.66. The van der Waals surface area contributed by atoms with Gasteiger partial charge in [-0.2, -0.15) is 9.78 Å². The third kappa shape index (κ3) is 5.65. The second kappa shape index (κ2) is 11.6. The van der Waals surface area contributed by atoms with Crippen molar-refractivity contribution >= 4 is 22.8 Å². The zero-order chi connectivity index (χ0) is 28.1. The lowest BCUT2D eigenvalue weighted by atomic mass is 9.96. The normalized spacial score (nSPS) is 11.2. The van der Waals surface area contributed by atoms with Crippen LogP contribution in [0.15, 0.2) is 64.5 Å². The van der Waals surface area contributed by atoms with Crippen LogP contribution in [0.2, 0.25) is 0 Å². The molecular weight excluding hydrogens is 496 g/mol. The highest BCUT2D eigenvalue weighted by molar-refractivity contribution is 5.85. The fraction of sp³-hybridized carbons (Fsp3) is 0.233. The summed E-state index contributed by atoms with van der Waals surface area (Å²) in [4.78, 5) is 29.4. The van der Waals surface area contributed by atoms with Crippen LogP contribution in [0.4, 0.5) is 5.69 Å². The number of benzene rings is 3. The van der Waals surface area contributed by atoms with Gasteiger partial charge in [0.1, 0.15) is 18.1 Å². The molecule has 0 saturated heterocycles. The van der Waals surface area contributed by atoms with Crippen LogP contribution in [-0.4, -0.2) is 34.0 Å². The van der Waals surface area contributed by atoms with Crippen LogP contribution < -0.4 is 15.0 Å². The molecule has 0 N–H and O–H groups in total. The van der Waals surface area contributed by atoms with Gasteiger partial charge < -0.3 is 9.47 Å². The van der Waals surface area contributed by atoms with Crippen molar-refractivity contribution in [2.24, 2.45) is 5.10 Å². The third-order valence-electron chi connectivity index (χ3n) is 6.10. The lowest BCUT2D eigenvalue weighted by molar-refractivity contribution is -0.384. The summed E-state index contributed by atoms with van der Waals surface area (Å²) in [5.74, 6) is 3.92. The largest absolute Gasteiger partial charge is 0.494 e. The molecule has 0 bridgehead atoms. The van der Waals surface area contributed by atoms with Crippen LogP contribution in [0.1, 0.15) is 43.4 Å². The Bertz CT molecular complexity index is 1680. The van der Waals surface area contributed by atoms with Gasteiger partial charge in [-0.05, 0) is 61.2 Å². The Kier molecular flexibility index (Phi) is 8.06. The topological polar surface area (TPSA) is 109 Å². The summed E-state index contributed by atoms with van der Waals surface area (Å²) in [6.45, 7) is 8.47. The molecular formula is C30H28N4O5. The number of para-hydroxylation sites is 1. The number of fused-ring (bicyclic) bond motifs is 1. The number of non-ortho nitro benzene ring substituents is 1. The van der Waals surface area contributed by atoms with Crippen LogP contribution in [0.25, 0.3) is 22.3 Å². The third-order valence-corrected chi connectivity index (χ3v) is 6.10. The van der Waals surface area contributed by atoms with E-state index in [1.54, 1.807) is 18.2 Å². The Morgan fingerprint density at radius 2 is 1.92 bits per heavy atom. The van der Waals surface area contributed by atoms with Gasteiger partial charge in [-0.25, -0.2) is 4.98 Å². The van der Waals surface area contributed by atoms with Crippen LogP contribution in [0.5, 0.6) is 11.5 Å². The van der Waals surface area contributed by atoms with E-state index < -0.39 is 4.92 Å². The fourth-order valence-corrected chi connectivity index (χ4v) is 4.20. The van der Waals surface area contributed by atoms with Crippen LogP contribution >= 0.6 is 0 Å². The molecule has 0 radical (unpaired) electrons. The summed E-state index contributed by atoms with van der Waals surface area (Å²) in [5, 5.41) is 16.3. The van der Waals surface area contributed by atoms with Crippen molar-refractivity contribution in [3.63, 3.8) is 0 Å². The van der Waals surface area contributed by atoms with Gasteiger partial charge in [0, 0.05) is 23.3 Å². The number of rotatable bonds is 9. The highest BCUT2D eigenvalue weighted by Crippen LogP contribution is 2.34. The van der Waals surface area contributed by atoms with E-state index in [-0.39, 0.29) is 29.3 Å². The summed E-state index contributed by atoms with van der Waals surface area (Å²) in [5.41, 5.74) is 2.81. The molecule has 0 atom stereocenters. The lowest BCUT2D eigenvalue weighted by Gasteiger charge is -2.18. The van der Waals surface area contributed by atoms with E-state index in [1.807, 2.05) is 32.0 Å². The van der Waals surface area contributed by atoms with Crippen LogP contribution in [0.3, 0.4) is 0 Å². The van der Waals surface area contributed by atoms with E-state index in [9.17, 15) is 14.9 Å². The molecule has 198 valence electrons. The van der Waals surface area contributed by atoms with Gasteiger partial charge in [0.15, 0.2) is 5.82 Å². The molecule has 9 heteroatoms. The maximum absolute atomic E-state index is 13.7. The zero-order valence-corrected chi connectivity index (χ0v) is 22.2. The highest BCUT2D eigenvalue weighted by Gasteiger charge is 2.19. The molecule has 39 heavy (non-hydrogen) atoms. The van der Waals surface area contributed by atoms with Gasteiger partial charge in [-0.1, -0.05) is 31.9 Å². The van der Waals surface area contributed by atoms with E-state index in [1.165, 1.54) is 29.1 Å². The van der Waals surface area contributed by atoms with E-state index >= 15 is 0 Å². The first-order valence-corrected chi connectivity index (χ1v) is 12.4. The van der Waals surface area contributed by atoms with Gasteiger partial charge in [0.2, 0.25) is 0 Å². The number of nitro benzene ring substituents is 1. The summed E-state index contributed by atoms with van der Waals surface area (Å²) >= 11 is 0. The molecule has 9 nitrogen and oxygen atoms in total. The number of hydrogen-bond acceptors (Lipinski definition) is 7. The first kappa shape index (κ1) is 27.1. The standard InChI is InChI=1S/C30H28N4O5/c1-6-14-39-27-13-12-22(34(36)37)16-21(27)18-31-33-29(32-26-11-9-8-10-23(26)30(33)35)25-17-24(19(3)4)28(38-7-2)15-20(25)5/h1,8-13,15-19H,7,14H2,2-5H3. The molecule has 0 amide bonds. The second-order valence-electron chi connectivity index (χ2n) is 9.08. The monoisotopic (exact) mass is 524 g/mol. The van der Waals surface area contributed by atoms with Crippen molar-refractivity contribution in [2.45, 2.75) is 33.6 Å². The molecule has 0 saturated carbocycles. The summed E-state index contributed by atoms with van der Waals surface area (Å²) in [6, 6.07) is 15.0. The molecule has 1 aromatic heterocycles. The van der Waals surface area contributed by atoms with Crippen molar-refractivity contribution in [3.8, 4) is 35.2 Å². The Morgan fingerprint density at radius 3 is 2.62 bits per heavy atom. The number of aromatic nitrogens is 2. The average molecular weight is 525 g/mol. The molecule has 3 aromatic carbocycles. The molecule has 4 rings (SSSR count). The molecule has 0 spiro atoms. The van der Waals surface area contributed by atoms with E-state index in [0.717, 1.165) is 16.9 Å². The second-order valence-corrected chi connectivity index (χ2v) is 9.08. The van der Waals surface area contributed by atoms with Crippen molar-refractivity contribution < 1.29 is 14.4 Å². The van der Waals surface area contributed by atoms with Crippen molar-refractivity contribution in [1.29, 1.82) is 0 Å². The summed E-state index contributed by atoms with van der Waals surface area (Å²) in [7, 11) is 0. The van der Waals surface area contributed by atoms with Gasteiger partial charge in [-0.3, -0.25) is 14.9 Å². The predicted molar refractivity (Wildman–Crippen MR) is 152 cm³/mol. The number of ether oxygens (including phenoxy) is 2. The minimum atomic E-state index is -0.520. The summed E-state index contributed by atoms with van der Waals surface area (Å²) < 4.78 is 12.6. The molecule has 0 unspecified atom stereocenters. The maximum atomic E-state index is 13.7. The highest BCUT2D eigenvalue weighted by atomic mass is 16.6. The Morgan fingerprint density at radius 1 is 1.15 bits per heavy atom.